The van der Waals surface area contributed by atoms with Crippen LogP contribution in [0.1, 0.15) is 0 Å². The van der Waals surface area contributed by atoms with Gasteiger partial charge in [0.2, 0.25) is 0 Å². The van der Waals surface area contributed by atoms with Gasteiger partial charge in [-0.05, 0) is 0 Å². The lowest BCUT2D eigenvalue weighted by Gasteiger charge is -1.88. The van der Waals surface area contributed by atoms with Gasteiger partial charge >= 0.3 is 12.6 Å². The van der Waals surface area contributed by atoms with Gasteiger partial charge in [0, 0.05) is 0 Å². The zero-order valence-corrected chi connectivity index (χ0v) is 3.38. The molecule has 7 heavy (non-hydrogen) atoms. The zero-order valence-electron chi connectivity index (χ0n) is 3.38. The third kappa shape index (κ3) is 2.71. The topological polar surface area (TPSA) is 81.4 Å². The molecule has 0 heterocycles. The van der Waals surface area contributed by atoms with E-state index < -0.39 is 6.09 Å². The Morgan fingerprint density at radius 3 is 2.57 bits per heavy atom. The number of nitrogens with one attached hydrogen (secondary N) is 1. The molecule has 3 N–H and O–H groups in total. The van der Waals surface area contributed by atoms with Gasteiger partial charge in [-0.25, -0.2) is 10.6 Å². The minimum Gasteiger partial charge on any atom is -0.378 e. The van der Waals surface area contributed by atoms with Crippen molar-refractivity contribution in [3.05, 3.63) is 0 Å². The molecule has 40 valence electrons. The van der Waals surface area contributed by atoms with Crippen molar-refractivity contribution in [2.75, 3.05) is 0 Å². The van der Waals surface area contributed by atoms with E-state index in [0.717, 1.165) is 0 Å². The second-order valence-electron chi connectivity index (χ2n) is 0.646. The van der Waals surface area contributed by atoms with Gasteiger partial charge in [0.1, 0.15) is 0 Å². The van der Waals surface area contributed by atoms with E-state index in [2.05, 4.69) is 10.6 Å². The normalized spacial score (nSPS) is 7.00. The van der Waals surface area contributed by atoms with Crippen molar-refractivity contribution in [3.63, 3.8) is 0 Å². The lowest BCUT2D eigenvalue weighted by atomic mass is 11.2. The molecule has 0 unspecified atom stereocenters. The summed E-state index contributed by atoms with van der Waals surface area (Å²) in [7, 11) is 0. The van der Waals surface area contributed by atoms with Crippen molar-refractivity contribution in [2.24, 2.45) is 5.84 Å². The van der Waals surface area contributed by atoms with Crippen LogP contribution in [0, 0.1) is 0 Å². The summed E-state index contributed by atoms with van der Waals surface area (Å²) in [6.45, 7) is -0.0117. The van der Waals surface area contributed by atoms with Gasteiger partial charge in [-0.3, -0.25) is 10.2 Å². The summed E-state index contributed by atoms with van der Waals surface area (Å²) < 4.78 is 3.64. The number of carbonyl (C=O) groups excluding carboxylic acids is 2. The Balaban J connectivity index is 3.17. The van der Waals surface area contributed by atoms with Crippen LogP contribution >= 0.6 is 0 Å². The summed E-state index contributed by atoms with van der Waals surface area (Å²) in [5.41, 5.74) is 1.57. The third-order valence-corrected chi connectivity index (χ3v) is 0.273. The highest BCUT2D eigenvalue weighted by atomic mass is 16.6. The molecule has 1 amide bonds. The zero-order chi connectivity index (χ0) is 5.70. The fraction of sp³-hybridized carbons (Fsp3) is 0. The highest BCUT2D eigenvalue weighted by Crippen LogP contribution is 1.62. The van der Waals surface area contributed by atoms with Crippen LogP contribution in [0.5, 0.6) is 0 Å². The molecule has 0 bridgehead atoms. The maximum atomic E-state index is 9.72. The van der Waals surface area contributed by atoms with E-state index in [4.69, 9.17) is 0 Å². The van der Waals surface area contributed by atoms with E-state index in [9.17, 15) is 9.59 Å². The third-order valence-electron chi connectivity index (χ3n) is 0.273. The summed E-state index contributed by atoms with van der Waals surface area (Å²) in [4.78, 5) is 19.0. The first-order valence-electron chi connectivity index (χ1n) is 1.42. The van der Waals surface area contributed by atoms with Gasteiger partial charge in [0.15, 0.2) is 0 Å². The maximum absolute atomic E-state index is 9.72. The lowest BCUT2D eigenvalue weighted by Crippen LogP contribution is -2.30. The molecule has 0 spiro atoms. The van der Waals surface area contributed by atoms with E-state index in [0.29, 0.717) is 0 Å². The summed E-state index contributed by atoms with van der Waals surface area (Å²) in [5, 5.41) is 0. The van der Waals surface area contributed by atoms with Crippen molar-refractivity contribution in [3.8, 4) is 0 Å². The van der Waals surface area contributed by atoms with Gasteiger partial charge in [0.05, 0.1) is 0 Å². The van der Waals surface area contributed by atoms with Crippen LogP contribution in [-0.4, -0.2) is 12.6 Å². The molecule has 0 saturated heterocycles. The van der Waals surface area contributed by atoms with E-state index in [1.165, 1.54) is 0 Å². The van der Waals surface area contributed by atoms with Crippen LogP contribution in [-0.2, 0) is 9.53 Å². The van der Waals surface area contributed by atoms with Gasteiger partial charge in [-0.15, -0.1) is 0 Å². The number of hydrogen-bond acceptors (Lipinski definition) is 4. The minimum atomic E-state index is -0.963. The Morgan fingerprint density at radius 1 is 1.86 bits per heavy atom. The van der Waals surface area contributed by atoms with E-state index >= 15 is 0 Å². The fourth-order valence-electron chi connectivity index (χ4n) is 0.0777. The molecule has 0 rings (SSSR count). The second kappa shape index (κ2) is 3.10. The number of hydrazine groups is 1. The Morgan fingerprint density at radius 2 is 2.43 bits per heavy atom. The Labute approximate surface area is 39.4 Å². The first kappa shape index (κ1) is 5.90. The molecule has 5 heteroatoms. The average Bonchev–Trinajstić information content (AvgIpc) is 1.68. The molecule has 0 aliphatic heterocycles. The van der Waals surface area contributed by atoms with Gasteiger partial charge in [-0.1, -0.05) is 0 Å². The number of amides is 1. The standard InChI is InChI=1S/C2H4N2O3/c3-4-2(6)7-1-5/h1H,3H2,(H,4,6). The van der Waals surface area contributed by atoms with Crippen LogP contribution in [0.3, 0.4) is 0 Å². The van der Waals surface area contributed by atoms with Gasteiger partial charge in [0.25, 0.3) is 0 Å². The van der Waals surface area contributed by atoms with Gasteiger partial charge in [-0.2, -0.15) is 0 Å². The van der Waals surface area contributed by atoms with Crippen molar-refractivity contribution in [2.45, 2.75) is 0 Å². The van der Waals surface area contributed by atoms with Crippen molar-refractivity contribution in [1.29, 1.82) is 0 Å². The molecule has 0 fully saturated rings. The van der Waals surface area contributed by atoms with E-state index in [-0.39, 0.29) is 6.47 Å². The monoisotopic (exact) mass is 104 g/mol. The molecular formula is C2H4N2O3. The lowest BCUT2D eigenvalue weighted by molar-refractivity contribution is -0.123. The van der Waals surface area contributed by atoms with E-state index in [1.807, 2.05) is 0 Å². The molecule has 0 atom stereocenters. The van der Waals surface area contributed by atoms with Crippen LogP contribution < -0.4 is 11.3 Å². The van der Waals surface area contributed by atoms with Crippen LogP contribution in [0.15, 0.2) is 0 Å². The molecule has 0 aromatic rings. The predicted molar refractivity (Wildman–Crippen MR) is 19.9 cm³/mol. The largest absolute Gasteiger partial charge is 0.428 e. The Bertz CT molecular complexity index is 81.0. The summed E-state index contributed by atoms with van der Waals surface area (Å²) >= 11 is 0. The molecule has 5 nitrogen and oxygen atoms in total. The first-order valence-corrected chi connectivity index (χ1v) is 1.42. The number of ether oxygens (including phenoxy) is 1. The smallest absolute Gasteiger partial charge is 0.378 e. The summed E-state index contributed by atoms with van der Waals surface area (Å²) in [6, 6.07) is 0. The molecule has 0 radical (unpaired) electrons. The summed E-state index contributed by atoms with van der Waals surface area (Å²) in [6.07, 6.45) is -0.963. The van der Waals surface area contributed by atoms with Crippen molar-refractivity contribution < 1.29 is 14.3 Å². The number of nitrogens with two attached hydrogens (primary N) is 1. The highest BCUT2D eigenvalue weighted by Gasteiger charge is 1.90. The number of rotatable bonds is 1. The van der Waals surface area contributed by atoms with E-state index in [1.54, 1.807) is 5.43 Å². The molecule has 0 aromatic carbocycles. The molecule has 0 aliphatic carbocycles. The maximum Gasteiger partial charge on any atom is 0.428 e. The quantitative estimate of drug-likeness (QED) is 0.143. The first-order chi connectivity index (χ1) is 3.31. The Hall–Kier alpha value is -1.10. The fourth-order valence-corrected chi connectivity index (χ4v) is 0.0777. The van der Waals surface area contributed by atoms with Crippen molar-refractivity contribution in [1.82, 2.24) is 5.43 Å². The summed E-state index contributed by atoms with van der Waals surface area (Å²) in [5.74, 6) is 4.47. The van der Waals surface area contributed by atoms with Crippen molar-refractivity contribution >= 4 is 12.6 Å². The predicted octanol–water partition coefficient (Wildman–Crippen LogP) is -1.26. The molecular weight excluding hydrogens is 100 g/mol. The van der Waals surface area contributed by atoms with Crippen LogP contribution in [0.2, 0.25) is 0 Å². The van der Waals surface area contributed by atoms with Gasteiger partial charge < -0.3 is 4.74 Å². The minimum absolute atomic E-state index is 0.0117. The molecule has 0 aliphatic rings. The van der Waals surface area contributed by atoms with Crippen LogP contribution in [0.4, 0.5) is 4.79 Å². The Kier molecular flexibility index (Phi) is 2.62. The number of carbonyl (C=O) groups is 2. The van der Waals surface area contributed by atoms with Crippen LogP contribution in [0.25, 0.3) is 0 Å². The second-order valence-corrected chi connectivity index (χ2v) is 0.646. The highest BCUT2D eigenvalue weighted by molar-refractivity contribution is 5.73. The SMILES string of the molecule is NNC(=O)OC=O. The number of hydrogen-bond donors (Lipinski definition) is 2. The molecule has 0 saturated carbocycles. The average molecular weight is 104 g/mol. The molecule has 0 aromatic heterocycles.